The fourth-order valence-corrected chi connectivity index (χ4v) is 3.48. The van der Waals surface area contributed by atoms with E-state index < -0.39 is 22.8 Å². The number of halogens is 4. The molecule has 9 nitrogen and oxygen atoms in total. The Morgan fingerprint density at radius 2 is 1.74 bits per heavy atom. The Hall–Kier alpha value is -4.03. The number of urea groups is 1. The van der Waals surface area contributed by atoms with E-state index in [1.165, 1.54) is 30.4 Å². The van der Waals surface area contributed by atoms with Crippen LogP contribution in [0.25, 0.3) is 0 Å². The Kier molecular flexibility index (Phi) is 9.37. The lowest BCUT2D eigenvalue weighted by atomic mass is 10.1. The number of alkyl halides is 3. The predicted molar refractivity (Wildman–Crippen MR) is 137 cm³/mol. The first-order valence-corrected chi connectivity index (χ1v) is 11.8. The van der Waals surface area contributed by atoms with Gasteiger partial charge in [0.15, 0.2) is 5.75 Å². The SMILES string of the molecule is CCN(CC)Oc1cc(Cl)c(C(F)(F)F)cc1NC(=O)Nc1cccc(Oc2ccnc(C(=O)NC)c2)c1. The van der Waals surface area contributed by atoms with Gasteiger partial charge in [0.05, 0.1) is 16.3 Å². The molecule has 38 heavy (non-hydrogen) atoms. The third kappa shape index (κ3) is 7.49. The lowest BCUT2D eigenvalue weighted by molar-refractivity contribution is -0.137. The second kappa shape index (κ2) is 12.5. The lowest BCUT2D eigenvalue weighted by Gasteiger charge is -2.22. The van der Waals surface area contributed by atoms with Crippen LogP contribution in [0.4, 0.5) is 29.3 Å². The minimum atomic E-state index is -4.74. The molecule has 202 valence electrons. The van der Waals surface area contributed by atoms with Crippen LogP contribution in [0.1, 0.15) is 29.9 Å². The van der Waals surface area contributed by atoms with E-state index in [4.69, 9.17) is 21.2 Å². The summed E-state index contributed by atoms with van der Waals surface area (Å²) in [5.74, 6) is 0.221. The molecule has 0 unspecified atom stereocenters. The summed E-state index contributed by atoms with van der Waals surface area (Å²) in [4.78, 5) is 34.1. The number of benzene rings is 2. The molecule has 0 spiro atoms. The third-order valence-electron chi connectivity index (χ3n) is 5.07. The van der Waals surface area contributed by atoms with Crippen LogP contribution in [0.3, 0.4) is 0 Å². The lowest BCUT2D eigenvalue weighted by Crippen LogP contribution is -2.28. The summed E-state index contributed by atoms with van der Waals surface area (Å²) in [6, 6.07) is 10.2. The molecule has 1 aromatic heterocycles. The van der Waals surface area contributed by atoms with Gasteiger partial charge in [-0.3, -0.25) is 9.78 Å². The number of amides is 3. The number of rotatable bonds is 9. The number of hydroxylamine groups is 2. The minimum Gasteiger partial charge on any atom is -0.457 e. The van der Waals surface area contributed by atoms with Crippen molar-refractivity contribution in [1.82, 2.24) is 15.4 Å². The standard InChI is InChI=1S/C25H25ClF3N5O4/c1-4-34(5-2)38-22-14-19(26)18(25(27,28)29)13-20(22)33-24(36)32-15-7-6-8-16(11-15)37-17-9-10-31-21(12-17)23(35)30-3/h6-14H,4-5H2,1-3H3,(H,30,35)(H2,32,33,36). The number of hydrogen-bond acceptors (Lipinski definition) is 6. The second-order valence-electron chi connectivity index (χ2n) is 7.70. The van der Waals surface area contributed by atoms with Crippen molar-refractivity contribution >= 4 is 34.9 Å². The van der Waals surface area contributed by atoms with E-state index in [-0.39, 0.29) is 28.7 Å². The van der Waals surface area contributed by atoms with Crippen molar-refractivity contribution in [2.45, 2.75) is 20.0 Å². The van der Waals surface area contributed by atoms with Crippen molar-refractivity contribution in [3.05, 3.63) is 71.0 Å². The molecule has 0 aliphatic heterocycles. The molecule has 3 rings (SSSR count). The van der Waals surface area contributed by atoms with Crippen molar-refractivity contribution in [3.8, 4) is 17.2 Å². The average Bonchev–Trinajstić information content (AvgIpc) is 2.87. The summed E-state index contributed by atoms with van der Waals surface area (Å²) in [6.07, 6.45) is -3.33. The van der Waals surface area contributed by atoms with Gasteiger partial charge in [-0.25, -0.2) is 4.79 Å². The predicted octanol–water partition coefficient (Wildman–Crippen LogP) is 6.19. The smallest absolute Gasteiger partial charge is 0.417 e. The number of nitrogens with zero attached hydrogens (tertiary/aromatic N) is 2. The van der Waals surface area contributed by atoms with Gasteiger partial charge in [0, 0.05) is 50.2 Å². The minimum absolute atomic E-state index is 0.0523. The van der Waals surface area contributed by atoms with Gasteiger partial charge in [0.1, 0.15) is 17.2 Å². The number of pyridine rings is 1. The number of anilines is 2. The summed E-state index contributed by atoms with van der Waals surface area (Å²) in [7, 11) is 1.48. The van der Waals surface area contributed by atoms with Crippen molar-refractivity contribution < 1.29 is 32.3 Å². The normalized spacial score (nSPS) is 11.2. The fourth-order valence-electron chi connectivity index (χ4n) is 3.22. The van der Waals surface area contributed by atoms with Gasteiger partial charge >= 0.3 is 12.2 Å². The van der Waals surface area contributed by atoms with E-state index in [0.717, 1.165) is 6.07 Å². The fraction of sp³-hybridized carbons (Fsp3) is 0.240. The molecule has 0 atom stereocenters. The highest BCUT2D eigenvalue weighted by Crippen LogP contribution is 2.40. The summed E-state index contributed by atoms with van der Waals surface area (Å²) in [6.45, 7) is 4.48. The first kappa shape index (κ1) is 28.5. The van der Waals surface area contributed by atoms with E-state index in [2.05, 4.69) is 20.9 Å². The quantitative estimate of drug-likeness (QED) is 0.274. The van der Waals surface area contributed by atoms with Crippen LogP contribution < -0.4 is 25.5 Å². The van der Waals surface area contributed by atoms with Gasteiger partial charge in [0.25, 0.3) is 5.91 Å². The molecule has 1 heterocycles. The molecule has 3 N–H and O–H groups in total. The highest BCUT2D eigenvalue weighted by Gasteiger charge is 2.35. The summed E-state index contributed by atoms with van der Waals surface area (Å²) in [5.41, 5.74) is -0.901. The third-order valence-corrected chi connectivity index (χ3v) is 5.39. The first-order valence-electron chi connectivity index (χ1n) is 11.4. The van der Waals surface area contributed by atoms with Crippen LogP contribution in [-0.4, -0.2) is 42.1 Å². The van der Waals surface area contributed by atoms with Crippen LogP contribution in [-0.2, 0) is 6.18 Å². The molecule has 0 radical (unpaired) electrons. The molecular formula is C25H25ClF3N5O4. The van der Waals surface area contributed by atoms with Crippen LogP contribution in [0.2, 0.25) is 5.02 Å². The molecule has 0 aliphatic carbocycles. The van der Waals surface area contributed by atoms with Gasteiger partial charge in [-0.1, -0.05) is 17.7 Å². The second-order valence-corrected chi connectivity index (χ2v) is 8.10. The van der Waals surface area contributed by atoms with Crippen LogP contribution >= 0.6 is 11.6 Å². The Bertz CT molecular complexity index is 1300. The summed E-state index contributed by atoms with van der Waals surface area (Å²) >= 11 is 5.85. The van der Waals surface area contributed by atoms with Crippen LogP contribution in [0.15, 0.2) is 54.7 Å². The zero-order valence-electron chi connectivity index (χ0n) is 20.6. The van der Waals surface area contributed by atoms with Gasteiger partial charge < -0.3 is 25.5 Å². The van der Waals surface area contributed by atoms with E-state index in [1.54, 1.807) is 38.1 Å². The molecular weight excluding hydrogens is 527 g/mol. The Morgan fingerprint density at radius 1 is 1.03 bits per heavy atom. The number of carbonyl (C=O) groups excluding carboxylic acids is 2. The topological polar surface area (TPSA) is 105 Å². The first-order chi connectivity index (χ1) is 18.0. The van der Waals surface area contributed by atoms with Crippen molar-refractivity contribution in [3.63, 3.8) is 0 Å². The largest absolute Gasteiger partial charge is 0.457 e. The number of carbonyl (C=O) groups is 2. The number of hydrogen-bond donors (Lipinski definition) is 3. The van der Waals surface area contributed by atoms with E-state index >= 15 is 0 Å². The van der Waals surface area contributed by atoms with E-state index in [9.17, 15) is 22.8 Å². The Labute approximate surface area is 221 Å². The van der Waals surface area contributed by atoms with Crippen molar-refractivity contribution in [2.75, 3.05) is 30.8 Å². The van der Waals surface area contributed by atoms with Crippen LogP contribution in [0, 0.1) is 0 Å². The number of aromatic nitrogens is 1. The Balaban J connectivity index is 1.80. The van der Waals surface area contributed by atoms with Crippen molar-refractivity contribution in [2.24, 2.45) is 0 Å². The van der Waals surface area contributed by atoms with Gasteiger partial charge in [-0.15, -0.1) is 5.06 Å². The highest BCUT2D eigenvalue weighted by atomic mass is 35.5. The maximum Gasteiger partial charge on any atom is 0.417 e. The molecule has 2 aromatic carbocycles. The van der Waals surface area contributed by atoms with E-state index in [1.807, 2.05) is 0 Å². The molecule has 0 saturated heterocycles. The molecule has 13 heteroatoms. The molecule has 0 bridgehead atoms. The maximum atomic E-state index is 13.4. The zero-order chi connectivity index (χ0) is 27.9. The summed E-state index contributed by atoms with van der Waals surface area (Å²) < 4.78 is 46.1. The monoisotopic (exact) mass is 551 g/mol. The highest BCUT2D eigenvalue weighted by molar-refractivity contribution is 6.31. The van der Waals surface area contributed by atoms with Gasteiger partial charge in [-0.2, -0.15) is 13.2 Å². The van der Waals surface area contributed by atoms with Crippen LogP contribution in [0.5, 0.6) is 17.2 Å². The molecule has 3 aromatic rings. The Morgan fingerprint density at radius 3 is 2.39 bits per heavy atom. The average molecular weight is 552 g/mol. The number of nitrogens with one attached hydrogen (secondary N) is 3. The zero-order valence-corrected chi connectivity index (χ0v) is 21.4. The van der Waals surface area contributed by atoms with Crippen molar-refractivity contribution in [1.29, 1.82) is 0 Å². The van der Waals surface area contributed by atoms with Gasteiger partial charge in [-0.05, 0) is 38.1 Å². The summed E-state index contributed by atoms with van der Waals surface area (Å²) in [5, 5.41) is 8.33. The maximum absolute atomic E-state index is 13.4. The molecule has 3 amide bonds. The molecule has 0 aliphatic rings. The number of ether oxygens (including phenoxy) is 1. The van der Waals surface area contributed by atoms with E-state index in [0.29, 0.717) is 30.7 Å². The molecule has 0 saturated carbocycles. The molecule has 0 fully saturated rings. The van der Waals surface area contributed by atoms with Gasteiger partial charge in [0.2, 0.25) is 0 Å².